The average molecular weight is 260 g/mol. The van der Waals surface area contributed by atoms with Crippen molar-refractivity contribution in [1.29, 1.82) is 0 Å². The highest BCUT2D eigenvalue weighted by atomic mass is 35.5. The average Bonchev–Trinajstić information content (AvgIpc) is 2.72. The summed E-state index contributed by atoms with van der Waals surface area (Å²) in [6, 6.07) is 5.62. The molecule has 0 amide bonds. The predicted molar refractivity (Wildman–Crippen MR) is 68.5 cm³/mol. The Bertz CT molecular complexity index is 734. The molecule has 6 heteroatoms. The van der Waals surface area contributed by atoms with E-state index < -0.39 is 0 Å². The molecular weight excluding hydrogens is 250 g/mol. The lowest BCUT2D eigenvalue weighted by molar-refractivity contribution is 1.05. The molecule has 0 aromatic carbocycles. The Morgan fingerprint density at radius 3 is 2.78 bits per heavy atom. The fourth-order valence-electron chi connectivity index (χ4n) is 1.88. The highest BCUT2D eigenvalue weighted by Crippen LogP contribution is 2.21. The molecule has 3 aromatic heterocycles. The predicted octanol–water partition coefficient (Wildman–Crippen LogP) is 2.46. The van der Waals surface area contributed by atoms with Crippen molar-refractivity contribution in [3.8, 4) is 11.4 Å². The zero-order valence-corrected chi connectivity index (χ0v) is 10.7. The van der Waals surface area contributed by atoms with Gasteiger partial charge in [-0.25, -0.2) is 4.98 Å². The first kappa shape index (κ1) is 11.1. The molecule has 3 heterocycles. The molecule has 0 spiro atoms. The summed E-state index contributed by atoms with van der Waals surface area (Å²) >= 11 is 5.82. The van der Waals surface area contributed by atoms with Gasteiger partial charge in [-0.05, 0) is 26.0 Å². The molecule has 3 aromatic rings. The Balaban J connectivity index is 2.25. The van der Waals surface area contributed by atoms with Gasteiger partial charge in [-0.2, -0.15) is 0 Å². The second-order valence-electron chi connectivity index (χ2n) is 4.05. The Hall–Kier alpha value is -2.01. The molecule has 5 nitrogen and oxygen atoms in total. The minimum absolute atomic E-state index is 0.403. The van der Waals surface area contributed by atoms with Crippen molar-refractivity contribution in [2.75, 3.05) is 0 Å². The van der Waals surface area contributed by atoms with Crippen LogP contribution in [-0.4, -0.2) is 24.6 Å². The summed E-state index contributed by atoms with van der Waals surface area (Å²) in [4.78, 5) is 8.47. The SMILES string of the molecule is Cc1ccc(-c2nnc3cc(Cl)ncn23)c(C)n1. The first-order valence-electron chi connectivity index (χ1n) is 5.46. The van der Waals surface area contributed by atoms with Gasteiger partial charge in [-0.1, -0.05) is 11.6 Å². The molecule has 0 atom stereocenters. The van der Waals surface area contributed by atoms with Crippen molar-refractivity contribution in [3.05, 3.63) is 41.1 Å². The van der Waals surface area contributed by atoms with E-state index in [-0.39, 0.29) is 0 Å². The number of fused-ring (bicyclic) bond motifs is 1. The van der Waals surface area contributed by atoms with Crippen LogP contribution in [0.1, 0.15) is 11.4 Å². The van der Waals surface area contributed by atoms with Gasteiger partial charge in [0.2, 0.25) is 0 Å². The molecule has 0 saturated heterocycles. The molecule has 0 bridgehead atoms. The summed E-state index contributed by atoms with van der Waals surface area (Å²) in [5.74, 6) is 0.721. The van der Waals surface area contributed by atoms with Crippen molar-refractivity contribution in [3.63, 3.8) is 0 Å². The normalized spacial score (nSPS) is 11.1. The van der Waals surface area contributed by atoms with Gasteiger partial charge >= 0.3 is 0 Å². The maximum Gasteiger partial charge on any atom is 0.171 e. The van der Waals surface area contributed by atoms with Crippen LogP contribution in [0.4, 0.5) is 0 Å². The highest BCUT2D eigenvalue weighted by Gasteiger charge is 2.11. The van der Waals surface area contributed by atoms with Crippen LogP contribution in [0.15, 0.2) is 24.5 Å². The van der Waals surface area contributed by atoms with E-state index in [4.69, 9.17) is 11.6 Å². The zero-order valence-electron chi connectivity index (χ0n) is 9.92. The molecule has 0 saturated carbocycles. The molecule has 0 unspecified atom stereocenters. The number of aryl methyl sites for hydroxylation is 2. The van der Waals surface area contributed by atoms with Crippen molar-refractivity contribution in [2.45, 2.75) is 13.8 Å². The summed E-state index contributed by atoms with van der Waals surface area (Å²) < 4.78 is 1.80. The maximum atomic E-state index is 5.82. The third-order valence-electron chi connectivity index (χ3n) is 2.73. The van der Waals surface area contributed by atoms with Gasteiger partial charge in [0.05, 0.1) is 0 Å². The third kappa shape index (κ3) is 1.73. The Morgan fingerprint density at radius 1 is 1.17 bits per heavy atom. The van der Waals surface area contributed by atoms with Gasteiger partial charge in [0.25, 0.3) is 0 Å². The molecule has 0 radical (unpaired) electrons. The van der Waals surface area contributed by atoms with Gasteiger partial charge in [-0.3, -0.25) is 9.38 Å². The molecule has 90 valence electrons. The van der Waals surface area contributed by atoms with E-state index in [0.29, 0.717) is 10.8 Å². The second kappa shape index (κ2) is 4.03. The largest absolute Gasteiger partial charge is 0.265 e. The quantitative estimate of drug-likeness (QED) is 0.630. The topological polar surface area (TPSA) is 56.0 Å². The van der Waals surface area contributed by atoms with Crippen LogP contribution in [0, 0.1) is 13.8 Å². The minimum atomic E-state index is 0.403. The van der Waals surface area contributed by atoms with Crippen molar-refractivity contribution < 1.29 is 0 Å². The van der Waals surface area contributed by atoms with Gasteiger partial charge in [-0.15, -0.1) is 10.2 Å². The van der Waals surface area contributed by atoms with E-state index in [2.05, 4.69) is 20.2 Å². The van der Waals surface area contributed by atoms with E-state index in [1.165, 1.54) is 0 Å². The van der Waals surface area contributed by atoms with Gasteiger partial charge in [0.1, 0.15) is 11.5 Å². The molecule has 0 fully saturated rings. The van der Waals surface area contributed by atoms with E-state index >= 15 is 0 Å². The van der Waals surface area contributed by atoms with E-state index in [1.54, 1.807) is 16.8 Å². The first-order chi connectivity index (χ1) is 8.65. The molecule has 0 N–H and O–H groups in total. The Kier molecular flexibility index (Phi) is 2.48. The number of hydrogen-bond donors (Lipinski definition) is 0. The van der Waals surface area contributed by atoms with Crippen LogP contribution in [0.25, 0.3) is 17.0 Å². The van der Waals surface area contributed by atoms with Crippen LogP contribution in [-0.2, 0) is 0 Å². The van der Waals surface area contributed by atoms with E-state index in [9.17, 15) is 0 Å². The van der Waals surface area contributed by atoms with E-state index in [0.717, 1.165) is 22.8 Å². The lowest BCUT2D eigenvalue weighted by Gasteiger charge is -2.04. The standard InChI is InChI=1S/C12H10ClN5/c1-7-3-4-9(8(2)15-7)12-17-16-11-5-10(13)14-6-18(11)12/h3-6H,1-2H3. The number of hydrogen-bond acceptors (Lipinski definition) is 4. The summed E-state index contributed by atoms with van der Waals surface area (Å²) in [6.45, 7) is 3.91. The minimum Gasteiger partial charge on any atom is -0.265 e. The smallest absolute Gasteiger partial charge is 0.171 e. The van der Waals surface area contributed by atoms with Crippen LogP contribution in [0.5, 0.6) is 0 Å². The highest BCUT2D eigenvalue weighted by molar-refractivity contribution is 6.29. The summed E-state index contributed by atoms with van der Waals surface area (Å²) in [7, 11) is 0. The number of halogens is 1. The van der Waals surface area contributed by atoms with Crippen LogP contribution < -0.4 is 0 Å². The van der Waals surface area contributed by atoms with Gasteiger partial charge < -0.3 is 0 Å². The van der Waals surface area contributed by atoms with E-state index in [1.807, 2.05) is 26.0 Å². The van der Waals surface area contributed by atoms with Crippen molar-refractivity contribution in [2.24, 2.45) is 0 Å². The van der Waals surface area contributed by atoms with Gasteiger partial charge in [0.15, 0.2) is 11.5 Å². The number of pyridine rings is 1. The van der Waals surface area contributed by atoms with Crippen LogP contribution in [0.3, 0.4) is 0 Å². The van der Waals surface area contributed by atoms with Gasteiger partial charge in [0, 0.05) is 23.0 Å². The number of nitrogens with zero attached hydrogens (tertiary/aromatic N) is 5. The van der Waals surface area contributed by atoms with Crippen molar-refractivity contribution in [1.82, 2.24) is 24.6 Å². The number of aromatic nitrogens is 5. The molecule has 3 rings (SSSR count). The van der Waals surface area contributed by atoms with Crippen LogP contribution in [0.2, 0.25) is 5.15 Å². The Labute approximate surface area is 108 Å². The fraction of sp³-hybridized carbons (Fsp3) is 0.167. The molecule has 0 aliphatic carbocycles. The summed E-state index contributed by atoms with van der Waals surface area (Å²) in [5, 5.41) is 8.65. The molecule has 18 heavy (non-hydrogen) atoms. The number of rotatable bonds is 1. The Morgan fingerprint density at radius 2 is 2.00 bits per heavy atom. The summed E-state index contributed by atoms with van der Waals surface area (Å²) in [5.41, 5.74) is 3.51. The van der Waals surface area contributed by atoms with Crippen molar-refractivity contribution >= 4 is 17.2 Å². The maximum absolute atomic E-state index is 5.82. The zero-order chi connectivity index (χ0) is 12.7. The lowest BCUT2D eigenvalue weighted by Crippen LogP contribution is -1.95. The lowest BCUT2D eigenvalue weighted by atomic mass is 10.2. The molecule has 0 aliphatic rings. The summed E-state index contributed by atoms with van der Waals surface area (Å²) in [6.07, 6.45) is 1.62. The first-order valence-corrected chi connectivity index (χ1v) is 5.84. The monoisotopic (exact) mass is 259 g/mol. The van der Waals surface area contributed by atoms with Crippen LogP contribution >= 0.6 is 11.6 Å². The third-order valence-corrected chi connectivity index (χ3v) is 2.94. The second-order valence-corrected chi connectivity index (χ2v) is 4.44. The fourth-order valence-corrected chi connectivity index (χ4v) is 2.02. The molecule has 0 aliphatic heterocycles. The molecular formula is C12H10ClN5.